The minimum absolute atomic E-state index is 0.777. The molecule has 0 N–H and O–H groups in total. The van der Waals surface area contributed by atoms with Gasteiger partial charge in [-0.3, -0.25) is 4.57 Å². The summed E-state index contributed by atoms with van der Waals surface area (Å²) in [7, 11) is -1.50. The first-order valence-corrected chi connectivity index (χ1v) is 28.4. The SMILES string of the molecule is CO[Si](OC)(OC)S1(P(=O)(S2([Si](OC)(OC)OC)CCC2)S2([Si](OC)(OC)OC)CCC2)CCC1. The zero-order valence-electron chi connectivity index (χ0n) is 22.6. The topological polar surface area (TPSA) is 100 Å². The van der Waals surface area contributed by atoms with Crippen molar-refractivity contribution in [2.45, 2.75) is 19.3 Å². The Bertz CT molecular complexity index is 663. The van der Waals surface area contributed by atoms with E-state index in [0.717, 1.165) is 53.8 Å². The van der Waals surface area contributed by atoms with Gasteiger partial charge in [0.05, 0.1) is 0 Å². The van der Waals surface area contributed by atoms with Gasteiger partial charge in [0.15, 0.2) is 4.75 Å². The lowest BCUT2D eigenvalue weighted by molar-refractivity contribution is 0.150. The van der Waals surface area contributed by atoms with Crippen LogP contribution >= 0.6 is 32.0 Å². The first-order chi connectivity index (χ1) is 16.7. The van der Waals surface area contributed by atoms with Gasteiger partial charge >= 0.3 is 23.9 Å². The summed E-state index contributed by atoms with van der Waals surface area (Å²) in [6.07, 6.45) is 2.87. The van der Waals surface area contributed by atoms with E-state index in [9.17, 15) is 0 Å². The van der Waals surface area contributed by atoms with Crippen LogP contribution in [0.4, 0.5) is 0 Å². The van der Waals surface area contributed by atoms with Crippen LogP contribution in [-0.2, 0) is 44.4 Å². The van der Waals surface area contributed by atoms with Crippen molar-refractivity contribution < 1.29 is 44.4 Å². The lowest BCUT2D eigenvalue weighted by atomic mass is 10.5. The Labute approximate surface area is 217 Å². The van der Waals surface area contributed by atoms with E-state index >= 15 is 4.57 Å². The summed E-state index contributed by atoms with van der Waals surface area (Å²) in [4.78, 5) is 0. The Morgan fingerprint density at radius 1 is 0.429 bits per heavy atom. The van der Waals surface area contributed by atoms with Gasteiger partial charge in [-0.1, -0.05) is 0 Å². The average Bonchev–Trinajstić information content (AvgIpc) is 2.80. The molecule has 0 aliphatic carbocycles. The van der Waals surface area contributed by atoms with Crippen molar-refractivity contribution in [2.24, 2.45) is 0 Å². The fourth-order valence-corrected chi connectivity index (χ4v) is 128. The molecule has 0 bridgehead atoms. The maximum atomic E-state index is 17.0. The summed E-state index contributed by atoms with van der Waals surface area (Å²) in [6.45, 7) is 0. The van der Waals surface area contributed by atoms with E-state index in [0.29, 0.717) is 0 Å². The second-order valence-electron chi connectivity index (χ2n) is 8.60. The summed E-state index contributed by atoms with van der Waals surface area (Å²) in [5.41, 5.74) is 0. The predicted molar refractivity (Wildman–Crippen MR) is 154 cm³/mol. The Morgan fingerprint density at radius 2 is 0.600 bits per heavy atom. The molecule has 212 valence electrons. The molecule has 3 saturated heterocycles. The van der Waals surface area contributed by atoms with Crippen LogP contribution in [0.15, 0.2) is 0 Å². The van der Waals surface area contributed by atoms with Crippen LogP contribution in [0.25, 0.3) is 0 Å². The first-order valence-electron chi connectivity index (χ1n) is 11.6. The molecule has 0 spiro atoms. The highest BCUT2D eigenvalue weighted by Crippen LogP contribution is 3.18. The van der Waals surface area contributed by atoms with Crippen molar-refractivity contribution in [3.05, 3.63) is 0 Å². The lowest BCUT2D eigenvalue weighted by Gasteiger charge is -2.75. The monoisotopic (exact) mass is 632 g/mol. The molecule has 0 aromatic carbocycles. The molecule has 0 aromatic rings. The van der Waals surface area contributed by atoms with Crippen molar-refractivity contribution >= 4 is 55.9 Å². The molecule has 0 aromatic heterocycles. The van der Waals surface area contributed by atoms with E-state index in [1.165, 1.54) is 0 Å². The van der Waals surface area contributed by atoms with Crippen molar-refractivity contribution in [3.63, 3.8) is 0 Å². The number of hydrogen-bond donors (Lipinski definition) is 0. The summed E-state index contributed by atoms with van der Waals surface area (Å²) in [6, 6.07) is 0. The largest absolute Gasteiger partial charge is 0.563 e. The molecule has 35 heavy (non-hydrogen) atoms. The molecule has 17 heteroatoms. The molecule has 10 nitrogen and oxygen atoms in total. The second kappa shape index (κ2) is 11.2. The highest BCUT2D eigenvalue weighted by atomic mass is 33.5. The molecule has 0 saturated carbocycles. The zero-order valence-corrected chi connectivity index (χ0v) is 29.0. The third-order valence-electron chi connectivity index (χ3n) is 7.82. The van der Waals surface area contributed by atoms with E-state index < -0.39 is 55.9 Å². The molecule has 0 amide bonds. The van der Waals surface area contributed by atoms with E-state index in [1.54, 1.807) is 64.0 Å². The van der Waals surface area contributed by atoms with Crippen molar-refractivity contribution in [1.82, 2.24) is 0 Å². The Hall–Kier alpha value is 1.57. The fourth-order valence-electron chi connectivity index (χ4n) is 6.05. The first kappa shape index (κ1) is 31.1. The highest BCUT2D eigenvalue weighted by molar-refractivity contribution is 9.44. The Balaban J connectivity index is 2.49. The average molecular weight is 633 g/mol. The molecule has 3 aliphatic rings. The maximum absolute atomic E-state index is 17.0. The molecule has 0 unspecified atom stereocenters. The van der Waals surface area contributed by atoms with Gasteiger partial charge in [0.2, 0.25) is 0 Å². The Morgan fingerprint density at radius 3 is 0.686 bits per heavy atom. The van der Waals surface area contributed by atoms with Crippen molar-refractivity contribution in [1.29, 1.82) is 0 Å². The quantitative estimate of drug-likeness (QED) is 0.196. The summed E-state index contributed by atoms with van der Waals surface area (Å²) in [5.74, 6) is 4.66. The van der Waals surface area contributed by atoms with Crippen LogP contribution in [0, 0.1) is 0 Å². The van der Waals surface area contributed by atoms with Gasteiger partial charge in [0.25, 0.3) is 0 Å². The van der Waals surface area contributed by atoms with Gasteiger partial charge in [0.1, 0.15) is 0 Å². The van der Waals surface area contributed by atoms with E-state index in [2.05, 4.69) is 0 Å². The third kappa shape index (κ3) is 3.53. The van der Waals surface area contributed by atoms with Crippen LogP contribution in [0.5, 0.6) is 0 Å². The summed E-state index contributed by atoms with van der Waals surface area (Å²) >= 11 is 0. The van der Waals surface area contributed by atoms with Crippen LogP contribution in [-0.4, -0.2) is 122 Å². The number of hydrogen-bond acceptors (Lipinski definition) is 10. The predicted octanol–water partition coefficient (Wildman–Crippen LogP) is 3.84. The zero-order chi connectivity index (χ0) is 26.2. The fraction of sp³-hybridized carbons (Fsp3) is 1.00. The molecule has 0 atom stereocenters. The van der Waals surface area contributed by atoms with Gasteiger partial charge in [-0.15, -0.1) is 27.3 Å². The standard InChI is InChI=1S/C18H45O10PS3Si3/c1-20-33(21-2,22-3)30(13-10-14-30)29(19,31(15-11-16-31)34(23-4,24-5)25-6)32(17-12-18-32)35(26-7,27-8)28-9/h10-18H2,1-9H3. The van der Waals surface area contributed by atoms with Gasteiger partial charge < -0.3 is 39.8 Å². The van der Waals surface area contributed by atoms with Crippen LogP contribution in [0.3, 0.4) is 0 Å². The molecule has 3 rings (SSSR count). The Kier molecular flexibility index (Phi) is 9.97. The third-order valence-corrected chi connectivity index (χ3v) is 86.5. The van der Waals surface area contributed by atoms with Crippen LogP contribution < -0.4 is 0 Å². The van der Waals surface area contributed by atoms with E-state index in [1.807, 2.05) is 0 Å². The minimum atomic E-state index is -3.37. The molecule has 3 fully saturated rings. The minimum Gasteiger partial charge on any atom is -0.369 e. The van der Waals surface area contributed by atoms with Gasteiger partial charge in [0, 0.05) is 64.0 Å². The van der Waals surface area contributed by atoms with Crippen molar-refractivity contribution in [3.8, 4) is 0 Å². The molecule has 3 aliphatic heterocycles. The number of rotatable bonds is 15. The molecule has 3 heterocycles. The summed E-state index contributed by atoms with van der Waals surface area (Å²) in [5, 5.41) is 0. The molecule has 0 radical (unpaired) electrons. The van der Waals surface area contributed by atoms with Gasteiger partial charge in [-0.25, -0.2) is 0 Å². The normalized spacial score (nSPS) is 26.5. The van der Waals surface area contributed by atoms with E-state index in [-0.39, 0.29) is 0 Å². The molecular weight excluding hydrogens is 588 g/mol. The van der Waals surface area contributed by atoms with Crippen LogP contribution in [0.1, 0.15) is 19.3 Å². The van der Waals surface area contributed by atoms with Crippen molar-refractivity contribution in [2.75, 3.05) is 98.5 Å². The second-order valence-corrected chi connectivity index (χ2v) is 51.3. The lowest BCUT2D eigenvalue weighted by Crippen LogP contribution is -2.62. The van der Waals surface area contributed by atoms with Gasteiger partial charge in [-0.05, 0) is 53.8 Å². The highest BCUT2D eigenvalue weighted by Gasteiger charge is 2.86. The maximum Gasteiger partial charge on any atom is 0.563 e. The smallest absolute Gasteiger partial charge is 0.369 e. The summed E-state index contributed by atoms with van der Waals surface area (Å²) < 4.78 is 69.6. The van der Waals surface area contributed by atoms with E-state index in [4.69, 9.17) is 39.8 Å². The van der Waals surface area contributed by atoms with Gasteiger partial charge in [-0.2, -0.15) is 0 Å². The van der Waals surface area contributed by atoms with Crippen LogP contribution in [0.2, 0.25) is 0 Å². The molecular formula is C18H45O10PS3Si3.